The Morgan fingerprint density at radius 2 is 1.62 bits per heavy atom. The highest BCUT2D eigenvalue weighted by molar-refractivity contribution is 5.88. The SMILES string of the molecule is CC[C@H](C)NC(=O)[C@@H](C)N(Cc1ccccc1)C(=O)COc1ccccc1OC. The molecule has 2 rings (SSSR count). The molecule has 29 heavy (non-hydrogen) atoms. The molecule has 2 aromatic carbocycles. The summed E-state index contributed by atoms with van der Waals surface area (Å²) in [6, 6.07) is 16.2. The Morgan fingerprint density at radius 1 is 1.00 bits per heavy atom. The molecule has 6 nitrogen and oxygen atoms in total. The molecule has 0 bridgehead atoms. The summed E-state index contributed by atoms with van der Waals surface area (Å²) in [5.74, 6) is 0.588. The normalized spacial score (nSPS) is 12.6. The van der Waals surface area contributed by atoms with Crippen LogP contribution in [0, 0.1) is 0 Å². The number of carbonyl (C=O) groups is 2. The Kier molecular flexibility index (Phi) is 8.52. The van der Waals surface area contributed by atoms with Crippen LogP contribution in [0.15, 0.2) is 54.6 Å². The molecular weight excluding hydrogens is 368 g/mol. The highest BCUT2D eigenvalue weighted by atomic mass is 16.5. The first-order valence-corrected chi connectivity index (χ1v) is 9.85. The maximum atomic E-state index is 13.0. The minimum atomic E-state index is -0.627. The molecule has 0 saturated carbocycles. The van der Waals surface area contributed by atoms with Gasteiger partial charge in [0.1, 0.15) is 6.04 Å². The number of carbonyl (C=O) groups excluding carboxylic acids is 2. The summed E-state index contributed by atoms with van der Waals surface area (Å²) in [6.07, 6.45) is 0.821. The number of nitrogens with one attached hydrogen (secondary N) is 1. The Balaban J connectivity index is 2.14. The Bertz CT molecular complexity index is 794. The minimum Gasteiger partial charge on any atom is -0.493 e. The lowest BCUT2D eigenvalue weighted by atomic mass is 10.1. The predicted octanol–water partition coefficient (Wildman–Crippen LogP) is 3.41. The molecule has 0 spiro atoms. The third kappa shape index (κ3) is 6.52. The van der Waals surface area contributed by atoms with E-state index in [0.717, 1.165) is 12.0 Å². The number of benzene rings is 2. The van der Waals surface area contributed by atoms with Gasteiger partial charge in [0.15, 0.2) is 18.1 Å². The second kappa shape index (κ2) is 11.1. The van der Waals surface area contributed by atoms with Gasteiger partial charge in [-0.25, -0.2) is 0 Å². The fourth-order valence-electron chi connectivity index (χ4n) is 2.79. The monoisotopic (exact) mass is 398 g/mol. The molecule has 2 amide bonds. The first-order valence-electron chi connectivity index (χ1n) is 9.85. The van der Waals surface area contributed by atoms with Gasteiger partial charge in [0.25, 0.3) is 5.91 Å². The average Bonchev–Trinajstić information content (AvgIpc) is 2.76. The van der Waals surface area contributed by atoms with Crippen LogP contribution in [0.25, 0.3) is 0 Å². The molecule has 156 valence electrons. The molecular formula is C23H30N2O4. The van der Waals surface area contributed by atoms with Crippen LogP contribution in [0.5, 0.6) is 11.5 Å². The molecule has 6 heteroatoms. The number of amides is 2. The van der Waals surface area contributed by atoms with E-state index in [-0.39, 0.29) is 24.5 Å². The lowest BCUT2D eigenvalue weighted by Gasteiger charge is -2.29. The van der Waals surface area contributed by atoms with Crippen LogP contribution in [0.4, 0.5) is 0 Å². The van der Waals surface area contributed by atoms with Gasteiger partial charge in [-0.3, -0.25) is 9.59 Å². The molecule has 1 N–H and O–H groups in total. The van der Waals surface area contributed by atoms with Gasteiger partial charge in [-0.1, -0.05) is 49.4 Å². The highest BCUT2D eigenvalue weighted by Crippen LogP contribution is 2.25. The lowest BCUT2D eigenvalue weighted by Crippen LogP contribution is -2.50. The van der Waals surface area contributed by atoms with Crippen molar-refractivity contribution in [1.29, 1.82) is 0 Å². The zero-order chi connectivity index (χ0) is 21.2. The van der Waals surface area contributed by atoms with E-state index in [2.05, 4.69) is 5.32 Å². The quantitative estimate of drug-likeness (QED) is 0.666. The van der Waals surface area contributed by atoms with E-state index in [9.17, 15) is 9.59 Å². The smallest absolute Gasteiger partial charge is 0.261 e. The second-order valence-electron chi connectivity index (χ2n) is 6.94. The van der Waals surface area contributed by atoms with E-state index in [0.29, 0.717) is 18.0 Å². The summed E-state index contributed by atoms with van der Waals surface area (Å²) >= 11 is 0. The summed E-state index contributed by atoms with van der Waals surface area (Å²) in [5.41, 5.74) is 0.946. The molecule has 0 saturated heterocycles. The number of nitrogens with zero attached hydrogens (tertiary/aromatic N) is 1. The number of rotatable bonds is 10. The third-order valence-electron chi connectivity index (χ3n) is 4.78. The number of hydrogen-bond donors (Lipinski definition) is 1. The summed E-state index contributed by atoms with van der Waals surface area (Å²) in [7, 11) is 1.55. The Labute approximate surface area is 172 Å². The zero-order valence-electron chi connectivity index (χ0n) is 17.6. The van der Waals surface area contributed by atoms with Crippen LogP contribution < -0.4 is 14.8 Å². The van der Waals surface area contributed by atoms with Gasteiger partial charge in [0.2, 0.25) is 5.91 Å². The molecule has 0 unspecified atom stereocenters. The second-order valence-corrected chi connectivity index (χ2v) is 6.94. The van der Waals surface area contributed by atoms with Gasteiger partial charge in [-0.15, -0.1) is 0 Å². The van der Waals surface area contributed by atoms with Gasteiger partial charge in [-0.05, 0) is 38.0 Å². The third-order valence-corrected chi connectivity index (χ3v) is 4.78. The topological polar surface area (TPSA) is 67.9 Å². The van der Waals surface area contributed by atoms with Crippen molar-refractivity contribution >= 4 is 11.8 Å². The van der Waals surface area contributed by atoms with Crippen molar-refractivity contribution in [2.45, 2.75) is 45.8 Å². The van der Waals surface area contributed by atoms with E-state index >= 15 is 0 Å². The largest absolute Gasteiger partial charge is 0.493 e. The molecule has 0 fully saturated rings. The van der Waals surface area contributed by atoms with Gasteiger partial charge in [-0.2, -0.15) is 0 Å². The summed E-state index contributed by atoms with van der Waals surface area (Å²) < 4.78 is 11.0. The van der Waals surface area contributed by atoms with Crippen LogP contribution in [-0.4, -0.2) is 42.5 Å². The van der Waals surface area contributed by atoms with Gasteiger partial charge >= 0.3 is 0 Å². The van der Waals surface area contributed by atoms with E-state index in [4.69, 9.17) is 9.47 Å². The standard InChI is InChI=1S/C23H30N2O4/c1-5-17(2)24-23(27)18(3)25(15-19-11-7-6-8-12-19)22(26)16-29-21-14-10-9-13-20(21)28-4/h6-14,17-18H,5,15-16H2,1-4H3,(H,24,27)/t17-,18+/m0/s1. The Hall–Kier alpha value is -3.02. The van der Waals surface area contributed by atoms with Crippen molar-refractivity contribution in [2.24, 2.45) is 0 Å². The first kappa shape index (κ1) is 22.3. The molecule has 2 atom stereocenters. The summed E-state index contributed by atoms with van der Waals surface area (Å²) in [6.45, 7) is 5.82. The fourth-order valence-corrected chi connectivity index (χ4v) is 2.79. The van der Waals surface area contributed by atoms with Gasteiger partial charge < -0.3 is 19.7 Å². The van der Waals surface area contributed by atoms with Crippen molar-refractivity contribution in [2.75, 3.05) is 13.7 Å². The Morgan fingerprint density at radius 3 is 2.24 bits per heavy atom. The van der Waals surface area contributed by atoms with Crippen molar-refractivity contribution in [3.63, 3.8) is 0 Å². The van der Waals surface area contributed by atoms with Crippen LogP contribution in [0.2, 0.25) is 0 Å². The maximum Gasteiger partial charge on any atom is 0.261 e. The van der Waals surface area contributed by atoms with Gasteiger partial charge in [0, 0.05) is 12.6 Å². The van der Waals surface area contributed by atoms with E-state index in [1.807, 2.05) is 56.3 Å². The van der Waals surface area contributed by atoms with E-state index in [1.165, 1.54) is 0 Å². The highest BCUT2D eigenvalue weighted by Gasteiger charge is 2.27. The molecule has 0 radical (unpaired) electrons. The van der Waals surface area contributed by atoms with Crippen molar-refractivity contribution in [3.05, 3.63) is 60.2 Å². The van der Waals surface area contributed by atoms with Crippen molar-refractivity contribution < 1.29 is 19.1 Å². The molecule has 0 aromatic heterocycles. The average molecular weight is 399 g/mol. The van der Waals surface area contributed by atoms with Crippen LogP contribution in [-0.2, 0) is 16.1 Å². The number of ether oxygens (including phenoxy) is 2. The summed E-state index contributed by atoms with van der Waals surface area (Å²) in [5, 5.41) is 2.95. The minimum absolute atomic E-state index is 0.0449. The molecule has 0 heterocycles. The molecule has 0 aliphatic carbocycles. The molecule has 0 aliphatic rings. The number of hydrogen-bond acceptors (Lipinski definition) is 4. The number of methoxy groups -OCH3 is 1. The fraction of sp³-hybridized carbons (Fsp3) is 0.391. The van der Waals surface area contributed by atoms with Crippen LogP contribution in [0.1, 0.15) is 32.8 Å². The maximum absolute atomic E-state index is 13.0. The van der Waals surface area contributed by atoms with Gasteiger partial charge in [0.05, 0.1) is 7.11 Å². The lowest BCUT2D eigenvalue weighted by molar-refractivity contribution is -0.142. The predicted molar refractivity (Wildman–Crippen MR) is 113 cm³/mol. The van der Waals surface area contributed by atoms with Crippen LogP contribution >= 0.6 is 0 Å². The van der Waals surface area contributed by atoms with E-state index in [1.54, 1.807) is 31.1 Å². The summed E-state index contributed by atoms with van der Waals surface area (Å²) in [4.78, 5) is 27.2. The van der Waals surface area contributed by atoms with Crippen molar-refractivity contribution in [3.8, 4) is 11.5 Å². The first-order chi connectivity index (χ1) is 14.0. The van der Waals surface area contributed by atoms with Crippen molar-refractivity contribution in [1.82, 2.24) is 10.2 Å². The van der Waals surface area contributed by atoms with Crippen LogP contribution in [0.3, 0.4) is 0 Å². The number of para-hydroxylation sites is 2. The molecule has 0 aliphatic heterocycles. The zero-order valence-corrected chi connectivity index (χ0v) is 17.6. The molecule has 2 aromatic rings. The van der Waals surface area contributed by atoms with E-state index < -0.39 is 6.04 Å².